The van der Waals surface area contributed by atoms with Crippen molar-refractivity contribution in [1.82, 2.24) is 4.90 Å². The standard InChI is InChI=1S/C24H24FN3O2S/c1-16(29)27(2)21-13-14-28(15-21)20-9-7-19(8-10-20)26-24(30)23-12-11-22(31-23)17-3-5-18(25)6-4-17/h3-12,21H,13-15H2,1-2H3,(H,26,30). The number of hydrogen-bond donors (Lipinski definition) is 1. The molecule has 0 bridgehead atoms. The second-order valence-electron chi connectivity index (χ2n) is 7.69. The van der Waals surface area contributed by atoms with Crippen molar-refractivity contribution >= 4 is 34.5 Å². The van der Waals surface area contributed by atoms with Crippen molar-refractivity contribution < 1.29 is 14.0 Å². The van der Waals surface area contributed by atoms with Crippen molar-refractivity contribution in [2.75, 3.05) is 30.4 Å². The van der Waals surface area contributed by atoms with Crippen LogP contribution < -0.4 is 10.2 Å². The molecule has 1 unspecified atom stereocenters. The Morgan fingerprint density at radius 3 is 2.45 bits per heavy atom. The lowest BCUT2D eigenvalue weighted by Crippen LogP contribution is -2.37. The van der Waals surface area contributed by atoms with Crippen LogP contribution in [0.1, 0.15) is 23.0 Å². The highest BCUT2D eigenvalue weighted by atomic mass is 32.1. The number of carbonyl (C=O) groups excluding carboxylic acids is 2. The fourth-order valence-electron chi connectivity index (χ4n) is 3.73. The van der Waals surface area contributed by atoms with Crippen molar-refractivity contribution in [2.45, 2.75) is 19.4 Å². The van der Waals surface area contributed by atoms with Gasteiger partial charge in [-0.05, 0) is 60.5 Å². The first-order valence-electron chi connectivity index (χ1n) is 10.2. The number of amides is 2. The minimum atomic E-state index is -0.281. The van der Waals surface area contributed by atoms with Gasteiger partial charge in [-0.2, -0.15) is 0 Å². The van der Waals surface area contributed by atoms with Gasteiger partial charge in [-0.15, -0.1) is 11.3 Å². The maximum atomic E-state index is 13.1. The molecule has 1 aliphatic heterocycles. The molecule has 1 atom stereocenters. The number of halogens is 1. The maximum absolute atomic E-state index is 13.1. The zero-order valence-corrected chi connectivity index (χ0v) is 18.3. The predicted octanol–water partition coefficient (Wildman–Crippen LogP) is 4.86. The van der Waals surface area contributed by atoms with Gasteiger partial charge in [-0.25, -0.2) is 4.39 Å². The average molecular weight is 438 g/mol. The number of benzene rings is 2. The molecule has 1 aromatic heterocycles. The van der Waals surface area contributed by atoms with Crippen LogP contribution in [-0.2, 0) is 4.79 Å². The van der Waals surface area contributed by atoms with E-state index in [1.54, 1.807) is 30.0 Å². The van der Waals surface area contributed by atoms with Crippen LogP contribution in [0.3, 0.4) is 0 Å². The van der Waals surface area contributed by atoms with E-state index in [-0.39, 0.29) is 23.7 Å². The van der Waals surface area contributed by atoms with E-state index in [0.717, 1.165) is 41.3 Å². The molecule has 160 valence electrons. The zero-order chi connectivity index (χ0) is 22.0. The van der Waals surface area contributed by atoms with Crippen LogP contribution in [0.25, 0.3) is 10.4 Å². The van der Waals surface area contributed by atoms with E-state index in [1.165, 1.54) is 23.5 Å². The third-order valence-electron chi connectivity index (χ3n) is 5.66. The molecular formula is C24H24FN3O2S. The molecule has 31 heavy (non-hydrogen) atoms. The smallest absolute Gasteiger partial charge is 0.265 e. The Hall–Kier alpha value is -3.19. The molecule has 2 amide bonds. The van der Waals surface area contributed by atoms with Crippen LogP contribution in [0.4, 0.5) is 15.8 Å². The van der Waals surface area contributed by atoms with E-state index < -0.39 is 0 Å². The molecule has 2 aromatic carbocycles. The molecule has 0 radical (unpaired) electrons. The highest BCUT2D eigenvalue weighted by Gasteiger charge is 2.27. The van der Waals surface area contributed by atoms with Crippen LogP contribution in [-0.4, -0.2) is 42.9 Å². The van der Waals surface area contributed by atoms with Gasteiger partial charge >= 0.3 is 0 Å². The second kappa shape index (κ2) is 8.89. The molecule has 7 heteroatoms. The minimum Gasteiger partial charge on any atom is -0.369 e. The van der Waals surface area contributed by atoms with Gasteiger partial charge in [0.2, 0.25) is 5.91 Å². The van der Waals surface area contributed by atoms with Gasteiger partial charge in [-0.3, -0.25) is 9.59 Å². The summed E-state index contributed by atoms with van der Waals surface area (Å²) >= 11 is 1.37. The van der Waals surface area contributed by atoms with Crippen molar-refractivity contribution in [2.24, 2.45) is 0 Å². The average Bonchev–Trinajstić information content (AvgIpc) is 3.44. The Bertz CT molecular complexity index is 1080. The minimum absolute atomic E-state index is 0.0843. The Labute approximate surface area is 185 Å². The van der Waals surface area contributed by atoms with Gasteiger partial charge in [-0.1, -0.05) is 12.1 Å². The van der Waals surface area contributed by atoms with Crippen LogP contribution in [0, 0.1) is 5.82 Å². The SMILES string of the molecule is CC(=O)N(C)C1CCN(c2ccc(NC(=O)c3ccc(-c4ccc(F)cc4)s3)cc2)C1. The summed E-state index contributed by atoms with van der Waals surface area (Å²) in [7, 11) is 1.85. The van der Waals surface area contributed by atoms with Gasteiger partial charge in [0, 0.05) is 43.3 Å². The third-order valence-corrected chi connectivity index (χ3v) is 6.79. The van der Waals surface area contributed by atoms with Crippen molar-refractivity contribution in [1.29, 1.82) is 0 Å². The van der Waals surface area contributed by atoms with Gasteiger partial charge < -0.3 is 15.1 Å². The number of nitrogens with one attached hydrogen (secondary N) is 1. The normalized spacial score (nSPS) is 15.7. The predicted molar refractivity (Wildman–Crippen MR) is 123 cm³/mol. The van der Waals surface area contributed by atoms with Crippen LogP contribution in [0.15, 0.2) is 60.7 Å². The fourth-order valence-corrected chi connectivity index (χ4v) is 4.63. The molecule has 0 spiro atoms. The molecule has 3 aromatic rings. The molecule has 1 aliphatic rings. The lowest BCUT2D eigenvalue weighted by Gasteiger charge is -2.24. The van der Waals surface area contributed by atoms with Crippen LogP contribution in [0.5, 0.6) is 0 Å². The van der Waals surface area contributed by atoms with Crippen LogP contribution in [0.2, 0.25) is 0 Å². The molecule has 1 N–H and O–H groups in total. The summed E-state index contributed by atoms with van der Waals surface area (Å²) < 4.78 is 13.1. The Morgan fingerprint density at radius 2 is 1.77 bits per heavy atom. The topological polar surface area (TPSA) is 52.7 Å². The number of carbonyl (C=O) groups is 2. The molecule has 4 rings (SSSR count). The van der Waals surface area contributed by atoms with Crippen LogP contribution >= 0.6 is 11.3 Å². The first-order chi connectivity index (χ1) is 14.9. The Kier molecular flexibility index (Phi) is 6.04. The first-order valence-corrected chi connectivity index (χ1v) is 11.0. The molecule has 1 saturated heterocycles. The molecule has 0 aliphatic carbocycles. The summed E-state index contributed by atoms with van der Waals surface area (Å²) in [6.07, 6.45) is 0.948. The fraction of sp³-hybridized carbons (Fsp3) is 0.250. The molecule has 5 nitrogen and oxygen atoms in total. The molecule has 1 fully saturated rings. The molecule has 2 heterocycles. The number of hydrogen-bond acceptors (Lipinski definition) is 4. The first kappa shape index (κ1) is 21.1. The Balaban J connectivity index is 1.38. The van der Waals surface area contributed by atoms with Gasteiger partial charge in [0.25, 0.3) is 5.91 Å². The zero-order valence-electron chi connectivity index (χ0n) is 17.5. The summed E-state index contributed by atoms with van der Waals surface area (Å²) in [5.74, 6) is -0.367. The summed E-state index contributed by atoms with van der Waals surface area (Å²) in [6.45, 7) is 3.30. The monoisotopic (exact) mass is 437 g/mol. The van der Waals surface area contributed by atoms with E-state index in [2.05, 4.69) is 10.2 Å². The van der Waals surface area contributed by atoms with E-state index in [0.29, 0.717) is 4.88 Å². The summed E-state index contributed by atoms with van der Waals surface area (Å²) in [6, 6.07) is 17.9. The summed E-state index contributed by atoms with van der Waals surface area (Å²) in [4.78, 5) is 29.8. The van der Waals surface area contributed by atoms with Gasteiger partial charge in [0.05, 0.1) is 10.9 Å². The Morgan fingerprint density at radius 1 is 1.06 bits per heavy atom. The van der Waals surface area contributed by atoms with Crippen molar-refractivity contribution in [3.8, 4) is 10.4 Å². The van der Waals surface area contributed by atoms with Gasteiger partial charge in [0.15, 0.2) is 0 Å². The van der Waals surface area contributed by atoms with Gasteiger partial charge in [0.1, 0.15) is 5.82 Å². The quantitative estimate of drug-likeness (QED) is 0.620. The maximum Gasteiger partial charge on any atom is 0.265 e. The van der Waals surface area contributed by atoms with Crippen molar-refractivity contribution in [3.63, 3.8) is 0 Å². The van der Waals surface area contributed by atoms with E-state index in [1.807, 2.05) is 37.4 Å². The number of anilines is 2. The van der Waals surface area contributed by atoms with Crippen molar-refractivity contribution in [3.05, 3.63) is 71.4 Å². The summed E-state index contributed by atoms with van der Waals surface area (Å²) in [5, 5.41) is 2.93. The third kappa shape index (κ3) is 4.77. The van der Waals surface area contributed by atoms with E-state index >= 15 is 0 Å². The number of likely N-dealkylation sites (N-methyl/N-ethyl adjacent to an activating group) is 1. The molecule has 0 saturated carbocycles. The largest absolute Gasteiger partial charge is 0.369 e. The lowest BCUT2D eigenvalue weighted by molar-refractivity contribution is -0.129. The number of nitrogens with zero attached hydrogens (tertiary/aromatic N) is 2. The van der Waals surface area contributed by atoms with E-state index in [9.17, 15) is 14.0 Å². The lowest BCUT2D eigenvalue weighted by atomic mass is 10.2. The summed E-state index contributed by atoms with van der Waals surface area (Å²) in [5.41, 5.74) is 2.68. The highest BCUT2D eigenvalue weighted by molar-refractivity contribution is 7.17. The highest BCUT2D eigenvalue weighted by Crippen LogP contribution is 2.29. The second-order valence-corrected chi connectivity index (χ2v) is 8.77. The van der Waals surface area contributed by atoms with E-state index in [4.69, 9.17) is 0 Å². The number of thiophene rings is 1. The molecular weight excluding hydrogens is 413 g/mol. The number of rotatable bonds is 5.